The summed E-state index contributed by atoms with van der Waals surface area (Å²) in [6, 6.07) is 0.455. The van der Waals surface area contributed by atoms with Crippen LogP contribution in [-0.4, -0.2) is 41.6 Å². The molecule has 4 nitrogen and oxygen atoms in total. The van der Waals surface area contributed by atoms with Crippen LogP contribution in [0, 0.1) is 0 Å². The monoisotopic (exact) mass is 296 g/mol. The standard InChI is InChI=1S/C15H28N4S/c1-11(2)15-17-10-14(19(5)7-8-20-6)13(18-15)9-16-12(3)4/h10-12,16H,7-9H2,1-6H3. The van der Waals surface area contributed by atoms with Gasteiger partial charge in [-0.1, -0.05) is 27.7 Å². The Bertz CT molecular complexity index is 407. The molecule has 0 saturated carbocycles. The van der Waals surface area contributed by atoms with Crippen LogP contribution in [0.15, 0.2) is 6.20 Å². The maximum atomic E-state index is 4.75. The minimum absolute atomic E-state index is 0.360. The van der Waals surface area contributed by atoms with Crippen LogP contribution in [-0.2, 0) is 6.54 Å². The Morgan fingerprint density at radius 1 is 1.30 bits per heavy atom. The van der Waals surface area contributed by atoms with Crippen molar-refractivity contribution in [3.05, 3.63) is 17.7 Å². The van der Waals surface area contributed by atoms with E-state index in [4.69, 9.17) is 4.98 Å². The number of thioether (sulfide) groups is 1. The highest BCUT2D eigenvalue weighted by atomic mass is 32.2. The summed E-state index contributed by atoms with van der Waals surface area (Å²) in [5.41, 5.74) is 2.23. The summed E-state index contributed by atoms with van der Waals surface area (Å²) in [7, 11) is 2.11. The van der Waals surface area contributed by atoms with Crippen LogP contribution in [0.25, 0.3) is 0 Å². The number of hydrogen-bond donors (Lipinski definition) is 1. The van der Waals surface area contributed by atoms with Gasteiger partial charge in [0.2, 0.25) is 0 Å². The Morgan fingerprint density at radius 3 is 2.55 bits per heavy atom. The summed E-state index contributed by atoms with van der Waals surface area (Å²) >= 11 is 1.86. The highest BCUT2D eigenvalue weighted by molar-refractivity contribution is 7.98. The highest BCUT2D eigenvalue weighted by Crippen LogP contribution is 2.20. The number of anilines is 1. The van der Waals surface area contributed by atoms with Gasteiger partial charge in [0.15, 0.2) is 0 Å². The number of hydrogen-bond acceptors (Lipinski definition) is 5. The third kappa shape index (κ3) is 5.29. The second kappa shape index (κ2) is 8.47. The first-order valence-corrected chi connectivity index (χ1v) is 8.64. The lowest BCUT2D eigenvalue weighted by Gasteiger charge is -2.22. The fraction of sp³-hybridized carbons (Fsp3) is 0.733. The fourth-order valence-electron chi connectivity index (χ4n) is 1.80. The van der Waals surface area contributed by atoms with Gasteiger partial charge in [-0.05, 0) is 6.26 Å². The maximum absolute atomic E-state index is 4.75. The second-order valence-corrected chi connectivity index (χ2v) is 6.65. The van der Waals surface area contributed by atoms with Gasteiger partial charge in [-0.25, -0.2) is 9.97 Å². The smallest absolute Gasteiger partial charge is 0.131 e. The normalized spacial score (nSPS) is 11.4. The second-order valence-electron chi connectivity index (χ2n) is 5.66. The van der Waals surface area contributed by atoms with E-state index < -0.39 is 0 Å². The summed E-state index contributed by atoms with van der Waals surface area (Å²) in [6.45, 7) is 10.4. The van der Waals surface area contributed by atoms with E-state index in [0.29, 0.717) is 12.0 Å². The molecule has 0 atom stereocenters. The summed E-state index contributed by atoms with van der Waals surface area (Å²) < 4.78 is 0. The van der Waals surface area contributed by atoms with Gasteiger partial charge in [-0.2, -0.15) is 11.8 Å². The van der Waals surface area contributed by atoms with Crippen molar-refractivity contribution in [1.29, 1.82) is 0 Å². The molecule has 5 heteroatoms. The lowest BCUT2D eigenvalue weighted by molar-refractivity contribution is 0.576. The zero-order chi connectivity index (χ0) is 15.1. The molecule has 0 unspecified atom stereocenters. The van der Waals surface area contributed by atoms with Crippen LogP contribution in [0.1, 0.15) is 45.1 Å². The average molecular weight is 296 g/mol. The molecule has 1 N–H and O–H groups in total. The summed E-state index contributed by atoms with van der Waals surface area (Å²) in [5.74, 6) is 2.39. The summed E-state index contributed by atoms with van der Waals surface area (Å²) in [5, 5.41) is 3.46. The van der Waals surface area contributed by atoms with Gasteiger partial charge in [0.1, 0.15) is 5.82 Å². The van der Waals surface area contributed by atoms with Gasteiger partial charge >= 0.3 is 0 Å². The van der Waals surface area contributed by atoms with E-state index in [1.54, 1.807) is 0 Å². The predicted molar refractivity (Wildman–Crippen MR) is 89.7 cm³/mol. The molecule has 114 valence electrons. The zero-order valence-corrected chi connectivity index (χ0v) is 14.4. The quantitative estimate of drug-likeness (QED) is 0.799. The number of rotatable bonds is 8. The van der Waals surface area contributed by atoms with Crippen LogP contribution in [0.2, 0.25) is 0 Å². The molecule has 0 spiro atoms. The molecular weight excluding hydrogens is 268 g/mol. The number of nitrogens with one attached hydrogen (secondary N) is 1. The molecule has 0 fully saturated rings. The van der Waals surface area contributed by atoms with Gasteiger partial charge in [0.05, 0.1) is 17.6 Å². The van der Waals surface area contributed by atoms with Crippen LogP contribution >= 0.6 is 11.8 Å². The van der Waals surface area contributed by atoms with Crippen LogP contribution < -0.4 is 10.2 Å². The predicted octanol–water partition coefficient (Wildman–Crippen LogP) is 2.90. The maximum Gasteiger partial charge on any atom is 0.131 e. The van der Waals surface area contributed by atoms with Gasteiger partial charge in [0, 0.05) is 37.8 Å². The molecule has 1 rings (SSSR count). The molecule has 0 amide bonds. The Labute approximate surface area is 127 Å². The van der Waals surface area contributed by atoms with Gasteiger partial charge < -0.3 is 10.2 Å². The van der Waals surface area contributed by atoms with Gasteiger partial charge in [0.25, 0.3) is 0 Å². The topological polar surface area (TPSA) is 41.1 Å². The minimum Gasteiger partial charge on any atom is -0.371 e. The SMILES string of the molecule is CSCCN(C)c1cnc(C(C)C)nc1CNC(C)C. The van der Waals surface area contributed by atoms with Crippen LogP contribution in [0.4, 0.5) is 5.69 Å². The molecule has 1 aromatic rings. The van der Waals surface area contributed by atoms with Crippen molar-refractivity contribution in [3.8, 4) is 0 Å². The van der Waals surface area contributed by atoms with Crippen LogP contribution in [0.5, 0.6) is 0 Å². The molecule has 0 aliphatic rings. The van der Waals surface area contributed by atoms with Crippen molar-refractivity contribution in [3.63, 3.8) is 0 Å². The van der Waals surface area contributed by atoms with Crippen molar-refractivity contribution in [2.75, 3.05) is 30.5 Å². The molecule has 0 aliphatic carbocycles. The van der Waals surface area contributed by atoms with Gasteiger partial charge in [-0.15, -0.1) is 0 Å². The van der Waals surface area contributed by atoms with Crippen molar-refractivity contribution in [2.45, 2.75) is 46.2 Å². The molecule has 1 heterocycles. The molecule has 0 saturated heterocycles. The van der Waals surface area contributed by atoms with E-state index in [9.17, 15) is 0 Å². The third-order valence-corrected chi connectivity index (χ3v) is 3.69. The number of aromatic nitrogens is 2. The van der Waals surface area contributed by atoms with Crippen molar-refractivity contribution >= 4 is 17.4 Å². The molecule has 0 aromatic carbocycles. The van der Waals surface area contributed by atoms with E-state index in [2.05, 4.69) is 56.2 Å². The number of nitrogens with zero attached hydrogens (tertiary/aromatic N) is 3. The molecule has 0 radical (unpaired) electrons. The molecule has 0 bridgehead atoms. The fourth-order valence-corrected chi connectivity index (χ4v) is 2.26. The first-order chi connectivity index (χ1) is 9.45. The Kier molecular flexibility index (Phi) is 7.30. The largest absolute Gasteiger partial charge is 0.371 e. The zero-order valence-electron chi connectivity index (χ0n) is 13.6. The molecule has 20 heavy (non-hydrogen) atoms. The minimum atomic E-state index is 0.360. The van der Waals surface area contributed by atoms with Crippen LogP contribution in [0.3, 0.4) is 0 Å². The van der Waals surface area contributed by atoms with E-state index >= 15 is 0 Å². The van der Waals surface area contributed by atoms with E-state index in [0.717, 1.165) is 36.0 Å². The lowest BCUT2D eigenvalue weighted by atomic mass is 10.2. The first-order valence-electron chi connectivity index (χ1n) is 7.25. The molecule has 1 aromatic heterocycles. The molecular formula is C15H28N4S. The average Bonchev–Trinajstić information content (AvgIpc) is 2.42. The van der Waals surface area contributed by atoms with E-state index in [1.807, 2.05) is 18.0 Å². The van der Waals surface area contributed by atoms with E-state index in [1.165, 1.54) is 0 Å². The Hall–Kier alpha value is -0.810. The first kappa shape index (κ1) is 17.2. The summed E-state index contributed by atoms with van der Waals surface area (Å²) in [4.78, 5) is 11.5. The Morgan fingerprint density at radius 2 is 2.00 bits per heavy atom. The summed E-state index contributed by atoms with van der Waals surface area (Å²) in [6.07, 6.45) is 4.10. The van der Waals surface area contributed by atoms with Crippen molar-refractivity contribution in [1.82, 2.24) is 15.3 Å². The van der Waals surface area contributed by atoms with Crippen molar-refractivity contribution in [2.24, 2.45) is 0 Å². The Balaban J connectivity index is 2.95. The highest BCUT2D eigenvalue weighted by Gasteiger charge is 2.13. The van der Waals surface area contributed by atoms with Crippen molar-refractivity contribution < 1.29 is 0 Å². The third-order valence-electron chi connectivity index (χ3n) is 3.10. The van der Waals surface area contributed by atoms with Gasteiger partial charge in [-0.3, -0.25) is 0 Å². The molecule has 0 aliphatic heterocycles. The van der Waals surface area contributed by atoms with E-state index in [-0.39, 0.29) is 0 Å². The lowest BCUT2D eigenvalue weighted by Crippen LogP contribution is -2.27.